The van der Waals surface area contributed by atoms with Gasteiger partial charge in [-0.25, -0.2) is 4.39 Å². The van der Waals surface area contributed by atoms with E-state index < -0.39 is 0 Å². The van der Waals surface area contributed by atoms with Crippen molar-refractivity contribution in [2.45, 2.75) is 38.1 Å². The van der Waals surface area contributed by atoms with Gasteiger partial charge in [0.05, 0.1) is 0 Å². The normalized spacial score (nSPS) is 16.9. The van der Waals surface area contributed by atoms with Crippen LogP contribution in [0, 0.1) is 5.82 Å². The molecule has 1 aromatic rings. The smallest absolute Gasteiger partial charge is 0.126 e. The van der Waals surface area contributed by atoms with E-state index in [1.54, 1.807) is 12.1 Å². The van der Waals surface area contributed by atoms with Crippen LogP contribution in [0.15, 0.2) is 18.2 Å². The molecule has 0 atom stereocenters. The van der Waals surface area contributed by atoms with Crippen molar-refractivity contribution in [2.75, 3.05) is 6.54 Å². The van der Waals surface area contributed by atoms with Gasteiger partial charge in [-0.05, 0) is 49.6 Å². The number of hydrogen-bond donors (Lipinski definition) is 1. The quantitative estimate of drug-likeness (QED) is 0.850. The van der Waals surface area contributed by atoms with Gasteiger partial charge in [-0.2, -0.15) is 0 Å². The Kier molecular flexibility index (Phi) is 4.19. The molecule has 1 aliphatic carbocycles. The van der Waals surface area contributed by atoms with E-state index >= 15 is 0 Å². The monoisotopic (exact) mass is 241 g/mol. The van der Waals surface area contributed by atoms with Crippen molar-refractivity contribution in [1.82, 2.24) is 5.32 Å². The summed E-state index contributed by atoms with van der Waals surface area (Å²) in [6.07, 6.45) is 5.88. The van der Waals surface area contributed by atoms with E-state index in [9.17, 15) is 4.39 Å². The Morgan fingerprint density at radius 1 is 1.31 bits per heavy atom. The lowest BCUT2D eigenvalue weighted by Crippen LogP contribution is -2.28. The topological polar surface area (TPSA) is 12.0 Å². The van der Waals surface area contributed by atoms with Gasteiger partial charge >= 0.3 is 0 Å². The molecule has 1 fully saturated rings. The van der Waals surface area contributed by atoms with Crippen LogP contribution in [0.2, 0.25) is 5.02 Å². The van der Waals surface area contributed by atoms with Gasteiger partial charge < -0.3 is 5.32 Å². The summed E-state index contributed by atoms with van der Waals surface area (Å²) in [5.41, 5.74) is 0.706. The number of benzene rings is 1. The van der Waals surface area contributed by atoms with Crippen LogP contribution in [0.5, 0.6) is 0 Å². The second-order valence-corrected chi connectivity index (χ2v) is 4.86. The lowest BCUT2D eigenvalue weighted by Gasteiger charge is -2.11. The second kappa shape index (κ2) is 5.65. The minimum Gasteiger partial charge on any atom is -0.314 e. The molecule has 0 radical (unpaired) electrons. The van der Waals surface area contributed by atoms with Crippen LogP contribution in [0.25, 0.3) is 0 Å². The fraction of sp³-hybridized carbons (Fsp3) is 0.538. The number of nitrogens with one attached hydrogen (secondary N) is 1. The van der Waals surface area contributed by atoms with E-state index in [0.717, 1.165) is 6.54 Å². The maximum Gasteiger partial charge on any atom is 0.126 e. The predicted octanol–water partition coefficient (Wildman–Crippen LogP) is 3.55. The Bertz CT molecular complexity index is 348. The summed E-state index contributed by atoms with van der Waals surface area (Å²) >= 11 is 5.84. The molecule has 1 aliphatic rings. The van der Waals surface area contributed by atoms with Crippen molar-refractivity contribution in [3.05, 3.63) is 34.6 Å². The van der Waals surface area contributed by atoms with E-state index in [2.05, 4.69) is 5.32 Å². The third-order valence-electron chi connectivity index (χ3n) is 3.19. The van der Waals surface area contributed by atoms with Gasteiger partial charge in [-0.1, -0.05) is 24.4 Å². The molecule has 88 valence electrons. The van der Waals surface area contributed by atoms with Crippen LogP contribution >= 0.6 is 11.6 Å². The van der Waals surface area contributed by atoms with Crippen LogP contribution in [0.3, 0.4) is 0 Å². The fourth-order valence-corrected chi connectivity index (χ4v) is 2.47. The van der Waals surface area contributed by atoms with Gasteiger partial charge in [-0.15, -0.1) is 0 Å². The van der Waals surface area contributed by atoms with Crippen molar-refractivity contribution in [2.24, 2.45) is 0 Å². The molecule has 1 N–H and O–H groups in total. The Labute approximate surface area is 101 Å². The van der Waals surface area contributed by atoms with Crippen molar-refractivity contribution in [1.29, 1.82) is 0 Å². The standard InChI is InChI=1S/C13H17ClFN/c14-11-5-6-13(15)10(9-11)7-8-16-12-3-1-2-4-12/h5-6,9,12,16H,1-4,7-8H2. The Morgan fingerprint density at radius 2 is 2.06 bits per heavy atom. The molecule has 0 aliphatic heterocycles. The first-order chi connectivity index (χ1) is 7.75. The molecule has 0 aromatic heterocycles. The summed E-state index contributed by atoms with van der Waals surface area (Å²) in [6.45, 7) is 0.835. The van der Waals surface area contributed by atoms with Crippen molar-refractivity contribution in [3.63, 3.8) is 0 Å². The zero-order chi connectivity index (χ0) is 11.4. The van der Waals surface area contributed by atoms with Crippen LogP contribution in [-0.4, -0.2) is 12.6 Å². The summed E-state index contributed by atoms with van der Waals surface area (Å²) in [5.74, 6) is -0.155. The second-order valence-electron chi connectivity index (χ2n) is 4.42. The lowest BCUT2D eigenvalue weighted by atomic mass is 10.1. The lowest BCUT2D eigenvalue weighted by molar-refractivity contribution is 0.520. The summed E-state index contributed by atoms with van der Waals surface area (Å²) in [7, 11) is 0. The maximum atomic E-state index is 13.4. The van der Waals surface area contributed by atoms with Gasteiger partial charge in [-0.3, -0.25) is 0 Å². The molecule has 1 nitrogen and oxygen atoms in total. The summed E-state index contributed by atoms with van der Waals surface area (Å²) < 4.78 is 13.4. The summed E-state index contributed by atoms with van der Waals surface area (Å²) in [5, 5.41) is 4.08. The molecule has 0 spiro atoms. The zero-order valence-corrected chi connectivity index (χ0v) is 10.1. The van der Waals surface area contributed by atoms with Gasteiger partial charge in [0.15, 0.2) is 0 Å². The molecule has 0 saturated heterocycles. The molecular weight excluding hydrogens is 225 g/mol. The highest BCUT2D eigenvalue weighted by Gasteiger charge is 2.13. The van der Waals surface area contributed by atoms with Crippen LogP contribution in [-0.2, 0) is 6.42 Å². The molecule has 3 heteroatoms. The predicted molar refractivity (Wildman–Crippen MR) is 65.4 cm³/mol. The summed E-state index contributed by atoms with van der Waals surface area (Å²) in [6, 6.07) is 5.38. The Morgan fingerprint density at radius 3 is 2.81 bits per heavy atom. The zero-order valence-electron chi connectivity index (χ0n) is 9.31. The van der Waals surface area contributed by atoms with Crippen LogP contribution in [0.1, 0.15) is 31.2 Å². The van der Waals surface area contributed by atoms with E-state index in [4.69, 9.17) is 11.6 Å². The number of hydrogen-bond acceptors (Lipinski definition) is 1. The Balaban J connectivity index is 1.82. The van der Waals surface area contributed by atoms with E-state index in [1.807, 2.05) is 0 Å². The average Bonchev–Trinajstić information content (AvgIpc) is 2.76. The summed E-state index contributed by atoms with van der Waals surface area (Å²) in [4.78, 5) is 0. The molecule has 0 heterocycles. The molecule has 16 heavy (non-hydrogen) atoms. The third-order valence-corrected chi connectivity index (χ3v) is 3.43. The van der Waals surface area contributed by atoms with E-state index in [-0.39, 0.29) is 5.82 Å². The highest BCUT2D eigenvalue weighted by Crippen LogP contribution is 2.18. The molecule has 1 saturated carbocycles. The van der Waals surface area contributed by atoms with Crippen molar-refractivity contribution >= 4 is 11.6 Å². The van der Waals surface area contributed by atoms with Gasteiger partial charge in [0.25, 0.3) is 0 Å². The van der Waals surface area contributed by atoms with E-state index in [1.165, 1.54) is 31.7 Å². The number of halogens is 2. The molecule has 0 unspecified atom stereocenters. The molecule has 0 amide bonds. The van der Waals surface area contributed by atoms with Crippen molar-refractivity contribution in [3.8, 4) is 0 Å². The van der Waals surface area contributed by atoms with Gasteiger partial charge in [0.2, 0.25) is 0 Å². The largest absolute Gasteiger partial charge is 0.314 e. The van der Waals surface area contributed by atoms with Gasteiger partial charge in [0, 0.05) is 11.1 Å². The highest BCUT2D eigenvalue weighted by molar-refractivity contribution is 6.30. The molecular formula is C13H17ClFN. The van der Waals surface area contributed by atoms with Crippen molar-refractivity contribution < 1.29 is 4.39 Å². The first kappa shape index (κ1) is 11.9. The van der Waals surface area contributed by atoms with E-state index in [0.29, 0.717) is 23.0 Å². The first-order valence-electron chi connectivity index (χ1n) is 5.93. The third kappa shape index (κ3) is 3.19. The van der Waals surface area contributed by atoms with Gasteiger partial charge in [0.1, 0.15) is 5.82 Å². The molecule has 0 bridgehead atoms. The highest BCUT2D eigenvalue weighted by atomic mass is 35.5. The molecule has 2 rings (SSSR count). The number of rotatable bonds is 4. The fourth-order valence-electron chi connectivity index (χ4n) is 2.28. The SMILES string of the molecule is Fc1ccc(Cl)cc1CCNC1CCCC1. The van der Waals surface area contributed by atoms with Crippen LogP contribution in [0.4, 0.5) is 4.39 Å². The minimum absolute atomic E-state index is 0.155. The molecule has 1 aromatic carbocycles. The Hall–Kier alpha value is -0.600. The average molecular weight is 242 g/mol. The minimum atomic E-state index is -0.155. The first-order valence-corrected chi connectivity index (χ1v) is 6.31. The van der Waals surface area contributed by atoms with Crippen LogP contribution < -0.4 is 5.32 Å². The maximum absolute atomic E-state index is 13.4.